The van der Waals surface area contributed by atoms with Gasteiger partial charge in [-0.05, 0) is 74.7 Å². The molecule has 0 aliphatic rings. The molecule has 3 aromatic carbocycles. The number of nitrogens with one attached hydrogen (secondary N) is 1. The van der Waals surface area contributed by atoms with E-state index >= 15 is 0 Å². The van der Waals surface area contributed by atoms with Crippen molar-refractivity contribution in [2.45, 2.75) is 52.2 Å². The normalized spacial score (nSPS) is 12.5. The van der Waals surface area contributed by atoms with Crippen molar-refractivity contribution in [1.82, 2.24) is 10.2 Å². The molecule has 0 aliphatic carbocycles. The molecule has 0 spiro atoms. The van der Waals surface area contributed by atoms with Crippen LogP contribution in [0.25, 0.3) is 0 Å². The first kappa shape index (κ1) is 31.8. The lowest BCUT2D eigenvalue weighted by molar-refractivity contribution is -0.140. The van der Waals surface area contributed by atoms with Gasteiger partial charge in [-0.25, -0.2) is 8.42 Å². The number of nitrogens with zero attached hydrogens (tertiary/aromatic N) is 2. The number of carbonyl (C=O) groups is 2. The fourth-order valence-corrected chi connectivity index (χ4v) is 5.54. The minimum absolute atomic E-state index is 0.123. The van der Waals surface area contributed by atoms with Crippen LogP contribution in [0.3, 0.4) is 0 Å². The number of anilines is 1. The highest BCUT2D eigenvalue weighted by Crippen LogP contribution is 2.26. The maximum absolute atomic E-state index is 14.1. The summed E-state index contributed by atoms with van der Waals surface area (Å²) in [5.74, 6) is -0.800. The van der Waals surface area contributed by atoms with E-state index in [1.54, 1.807) is 18.2 Å². The molecular formula is C30H35Br2N3O4S. The van der Waals surface area contributed by atoms with Gasteiger partial charge in [0.15, 0.2) is 0 Å². The van der Waals surface area contributed by atoms with E-state index in [2.05, 4.69) is 37.2 Å². The minimum atomic E-state index is -3.82. The van der Waals surface area contributed by atoms with Gasteiger partial charge in [0.1, 0.15) is 12.6 Å². The molecule has 214 valence electrons. The number of benzene rings is 3. The average molecular weight is 694 g/mol. The second-order valence-corrected chi connectivity index (χ2v) is 14.5. The van der Waals surface area contributed by atoms with Gasteiger partial charge in [0, 0.05) is 27.4 Å². The van der Waals surface area contributed by atoms with Crippen molar-refractivity contribution in [3.05, 3.63) is 98.4 Å². The molecule has 1 atom stereocenters. The average Bonchev–Trinajstić information content (AvgIpc) is 2.86. The summed E-state index contributed by atoms with van der Waals surface area (Å²) in [7, 11) is -3.82. The quantitative estimate of drug-likeness (QED) is 0.289. The van der Waals surface area contributed by atoms with Crippen LogP contribution in [0.5, 0.6) is 0 Å². The molecule has 3 aromatic rings. The summed E-state index contributed by atoms with van der Waals surface area (Å²) >= 11 is 6.88. The van der Waals surface area contributed by atoms with E-state index in [4.69, 9.17) is 0 Å². The van der Waals surface area contributed by atoms with Crippen molar-refractivity contribution in [1.29, 1.82) is 0 Å². The number of hydrogen-bond acceptors (Lipinski definition) is 4. The molecule has 0 saturated carbocycles. The van der Waals surface area contributed by atoms with Gasteiger partial charge in [0.25, 0.3) is 0 Å². The van der Waals surface area contributed by atoms with Gasteiger partial charge in [-0.2, -0.15) is 0 Å². The van der Waals surface area contributed by atoms with Gasteiger partial charge in [0.05, 0.1) is 11.9 Å². The Hall–Kier alpha value is -2.69. The van der Waals surface area contributed by atoms with Crippen molar-refractivity contribution in [2.24, 2.45) is 0 Å². The van der Waals surface area contributed by atoms with E-state index in [0.717, 1.165) is 36.2 Å². The maximum Gasteiger partial charge on any atom is 0.244 e. The second-order valence-electron chi connectivity index (χ2n) is 10.8. The fraction of sp³-hybridized carbons (Fsp3) is 0.333. The summed E-state index contributed by atoms with van der Waals surface area (Å²) in [5.41, 5.74) is 2.36. The Balaban J connectivity index is 2.08. The molecule has 3 rings (SSSR count). The van der Waals surface area contributed by atoms with Crippen LogP contribution in [0.1, 0.15) is 37.5 Å². The monoisotopic (exact) mass is 691 g/mol. The summed E-state index contributed by atoms with van der Waals surface area (Å²) in [5, 5.41) is 3.02. The van der Waals surface area contributed by atoms with Crippen molar-refractivity contribution >= 4 is 59.4 Å². The lowest BCUT2D eigenvalue weighted by atomic mass is 10.0. The largest absolute Gasteiger partial charge is 0.350 e. The molecule has 40 heavy (non-hydrogen) atoms. The molecule has 0 saturated heterocycles. The Labute approximate surface area is 254 Å². The van der Waals surface area contributed by atoms with E-state index < -0.39 is 34.1 Å². The van der Waals surface area contributed by atoms with Crippen LogP contribution in [0.4, 0.5) is 5.69 Å². The predicted molar refractivity (Wildman–Crippen MR) is 168 cm³/mol. The standard InChI is InChI=1S/C30H35Br2N3O4S/c1-21-17-25(15-16-26(21)32)35(40(5,38)39)20-28(36)34(19-23-11-13-24(31)14-12-23)27(29(37)33-30(2,3)4)18-22-9-7-6-8-10-22/h6-17,27H,18-20H2,1-5H3,(H,33,37)/t27-/m0/s1. The van der Waals surface area contributed by atoms with Crippen molar-refractivity contribution in [3.63, 3.8) is 0 Å². The zero-order chi connectivity index (χ0) is 29.7. The molecule has 10 heteroatoms. The zero-order valence-electron chi connectivity index (χ0n) is 23.3. The number of hydrogen-bond donors (Lipinski definition) is 1. The number of halogens is 2. The third kappa shape index (κ3) is 9.17. The summed E-state index contributed by atoms with van der Waals surface area (Å²) in [4.78, 5) is 29.3. The third-order valence-electron chi connectivity index (χ3n) is 6.14. The van der Waals surface area contributed by atoms with E-state index in [9.17, 15) is 18.0 Å². The van der Waals surface area contributed by atoms with Crippen LogP contribution < -0.4 is 9.62 Å². The summed E-state index contributed by atoms with van der Waals surface area (Å²) in [6.45, 7) is 7.16. The maximum atomic E-state index is 14.1. The van der Waals surface area contributed by atoms with Gasteiger partial charge < -0.3 is 10.2 Å². The van der Waals surface area contributed by atoms with Crippen molar-refractivity contribution < 1.29 is 18.0 Å². The van der Waals surface area contributed by atoms with Crippen LogP contribution in [0.15, 0.2) is 81.7 Å². The van der Waals surface area contributed by atoms with Crippen LogP contribution in [0, 0.1) is 6.92 Å². The van der Waals surface area contributed by atoms with E-state index in [0.29, 0.717) is 5.69 Å². The van der Waals surface area contributed by atoms with Gasteiger partial charge in [-0.15, -0.1) is 0 Å². The minimum Gasteiger partial charge on any atom is -0.350 e. The van der Waals surface area contributed by atoms with E-state index in [1.807, 2.05) is 82.3 Å². The third-order valence-corrected chi connectivity index (χ3v) is 8.70. The first-order valence-corrected chi connectivity index (χ1v) is 16.2. The molecule has 0 aliphatic heterocycles. The van der Waals surface area contributed by atoms with Crippen molar-refractivity contribution in [2.75, 3.05) is 17.1 Å². The second kappa shape index (κ2) is 13.3. The Morgan fingerprint density at radius 2 is 1.55 bits per heavy atom. The summed E-state index contributed by atoms with van der Waals surface area (Å²) in [6, 6.07) is 21.2. The number of amides is 2. The molecule has 0 radical (unpaired) electrons. The lowest BCUT2D eigenvalue weighted by Crippen LogP contribution is -2.56. The Kier molecular flexibility index (Phi) is 10.6. The first-order valence-electron chi connectivity index (χ1n) is 12.8. The van der Waals surface area contributed by atoms with Gasteiger partial charge in [-0.3, -0.25) is 13.9 Å². The number of carbonyl (C=O) groups excluding carboxylic acids is 2. The fourth-order valence-electron chi connectivity index (χ4n) is 4.19. The molecular weight excluding hydrogens is 658 g/mol. The van der Waals surface area contributed by atoms with Gasteiger partial charge in [0.2, 0.25) is 21.8 Å². The van der Waals surface area contributed by atoms with E-state index in [-0.39, 0.29) is 18.9 Å². The summed E-state index contributed by atoms with van der Waals surface area (Å²) in [6.07, 6.45) is 1.34. The molecule has 0 heterocycles. The Bertz CT molecular complexity index is 1440. The predicted octanol–water partition coefficient (Wildman–Crippen LogP) is 5.84. The lowest BCUT2D eigenvalue weighted by Gasteiger charge is -2.35. The van der Waals surface area contributed by atoms with Crippen LogP contribution in [-0.4, -0.2) is 49.5 Å². The number of sulfonamides is 1. The van der Waals surface area contributed by atoms with Crippen LogP contribution in [-0.2, 0) is 32.6 Å². The Morgan fingerprint density at radius 3 is 2.10 bits per heavy atom. The highest BCUT2D eigenvalue weighted by molar-refractivity contribution is 9.10. The Morgan fingerprint density at radius 1 is 0.925 bits per heavy atom. The topological polar surface area (TPSA) is 86.8 Å². The smallest absolute Gasteiger partial charge is 0.244 e. The van der Waals surface area contributed by atoms with Gasteiger partial charge >= 0.3 is 0 Å². The molecule has 0 fully saturated rings. The molecule has 2 amide bonds. The zero-order valence-corrected chi connectivity index (χ0v) is 27.3. The molecule has 0 unspecified atom stereocenters. The number of rotatable bonds is 10. The van der Waals surface area contributed by atoms with Crippen molar-refractivity contribution in [3.8, 4) is 0 Å². The summed E-state index contributed by atoms with van der Waals surface area (Å²) < 4.78 is 28.6. The van der Waals surface area contributed by atoms with Crippen LogP contribution in [0.2, 0.25) is 0 Å². The molecule has 0 aromatic heterocycles. The molecule has 0 bridgehead atoms. The SMILES string of the molecule is Cc1cc(N(CC(=O)N(Cc2ccc(Br)cc2)[C@@H](Cc2ccccc2)C(=O)NC(C)(C)C)S(C)(=O)=O)ccc1Br. The van der Waals surface area contributed by atoms with Crippen LogP contribution >= 0.6 is 31.9 Å². The molecule has 7 nitrogen and oxygen atoms in total. The number of aryl methyl sites for hydroxylation is 1. The first-order chi connectivity index (χ1) is 18.6. The van der Waals surface area contributed by atoms with Gasteiger partial charge in [-0.1, -0.05) is 74.3 Å². The highest BCUT2D eigenvalue weighted by Gasteiger charge is 2.34. The van der Waals surface area contributed by atoms with E-state index in [1.165, 1.54) is 4.90 Å². The highest BCUT2D eigenvalue weighted by atomic mass is 79.9. The molecule has 1 N–H and O–H groups in total.